The van der Waals surface area contributed by atoms with E-state index in [1.165, 1.54) is 0 Å². The average molecular weight is 468 g/mol. The molecule has 0 amide bonds. The fourth-order valence-corrected chi connectivity index (χ4v) is 2.80. The van der Waals surface area contributed by atoms with Crippen LogP contribution in [-0.2, 0) is 4.74 Å². The number of nitrogens with zero attached hydrogens (tertiary/aromatic N) is 3. The summed E-state index contributed by atoms with van der Waals surface area (Å²) >= 11 is 6.23. The van der Waals surface area contributed by atoms with E-state index in [-0.39, 0.29) is 24.0 Å². The molecule has 6 nitrogen and oxygen atoms in total. The first-order chi connectivity index (χ1) is 11.2. The second kappa shape index (κ2) is 11.7. The Morgan fingerprint density at radius 3 is 3.04 bits per heavy atom. The van der Waals surface area contributed by atoms with Crippen LogP contribution in [0, 0.1) is 0 Å². The van der Waals surface area contributed by atoms with Gasteiger partial charge in [-0.3, -0.25) is 4.99 Å². The van der Waals surface area contributed by atoms with Gasteiger partial charge in [0.2, 0.25) is 0 Å². The molecule has 0 bridgehead atoms. The van der Waals surface area contributed by atoms with Crippen LogP contribution in [0.15, 0.2) is 23.3 Å². The number of hydrogen-bond donors (Lipinski definition) is 2. The predicted molar refractivity (Wildman–Crippen MR) is 111 cm³/mol. The van der Waals surface area contributed by atoms with Gasteiger partial charge in [-0.1, -0.05) is 11.6 Å². The molecular formula is C16H27ClIN5O. The van der Waals surface area contributed by atoms with Crippen molar-refractivity contribution in [2.75, 3.05) is 44.3 Å². The molecule has 1 aliphatic heterocycles. The van der Waals surface area contributed by atoms with Crippen LogP contribution in [0.5, 0.6) is 0 Å². The summed E-state index contributed by atoms with van der Waals surface area (Å²) in [5, 5.41) is 7.46. The van der Waals surface area contributed by atoms with E-state index in [1.54, 1.807) is 6.20 Å². The molecule has 136 valence electrons. The Bertz CT molecular complexity index is 517. The molecule has 2 N–H and O–H groups in total. The van der Waals surface area contributed by atoms with Gasteiger partial charge in [0.15, 0.2) is 5.96 Å². The zero-order valence-corrected chi connectivity index (χ0v) is 17.4. The van der Waals surface area contributed by atoms with E-state index in [0.29, 0.717) is 24.2 Å². The third kappa shape index (κ3) is 6.60. The van der Waals surface area contributed by atoms with Crippen molar-refractivity contribution >= 4 is 47.4 Å². The lowest BCUT2D eigenvalue weighted by atomic mass is 10.3. The van der Waals surface area contributed by atoms with E-state index in [4.69, 9.17) is 16.3 Å². The third-order valence-electron chi connectivity index (χ3n) is 3.62. The highest BCUT2D eigenvalue weighted by molar-refractivity contribution is 14.0. The van der Waals surface area contributed by atoms with Crippen molar-refractivity contribution < 1.29 is 4.74 Å². The van der Waals surface area contributed by atoms with Crippen molar-refractivity contribution in [1.82, 2.24) is 15.6 Å². The molecule has 0 radical (unpaired) electrons. The van der Waals surface area contributed by atoms with Gasteiger partial charge >= 0.3 is 0 Å². The Labute approximate surface area is 166 Å². The molecule has 1 aromatic heterocycles. The summed E-state index contributed by atoms with van der Waals surface area (Å²) in [4.78, 5) is 11.1. The van der Waals surface area contributed by atoms with E-state index in [2.05, 4.69) is 32.4 Å². The highest BCUT2D eigenvalue weighted by Gasteiger charge is 2.25. The number of hydrogen-bond acceptors (Lipinski definition) is 4. The van der Waals surface area contributed by atoms with Crippen LogP contribution in [-0.4, -0.2) is 56.4 Å². The van der Waals surface area contributed by atoms with Gasteiger partial charge in [-0.2, -0.15) is 0 Å². The maximum Gasteiger partial charge on any atom is 0.191 e. The van der Waals surface area contributed by atoms with Crippen molar-refractivity contribution in [3.8, 4) is 0 Å². The Kier molecular flexibility index (Phi) is 10.4. The smallest absolute Gasteiger partial charge is 0.191 e. The number of anilines is 1. The van der Waals surface area contributed by atoms with Crippen molar-refractivity contribution in [3.05, 3.63) is 23.4 Å². The molecule has 2 rings (SSSR count). The third-order valence-corrected chi connectivity index (χ3v) is 3.92. The van der Waals surface area contributed by atoms with Crippen LogP contribution in [0.2, 0.25) is 5.02 Å². The molecule has 0 spiro atoms. The topological polar surface area (TPSA) is 61.8 Å². The molecule has 1 aromatic rings. The number of pyridine rings is 1. The number of aliphatic imine (C=N–C) groups is 1. The van der Waals surface area contributed by atoms with E-state index in [0.717, 1.165) is 44.4 Å². The van der Waals surface area contributed by atoms with Gasteiger partial charge in [-0.15, -0.1) is 24.0 Å². The molecule has 24 heavy (non-hydrogen) atoms. The lowest BCUT2D eigenvalue weighted by molar-refractivity contribution is 0.155. The standard InChI is InChI=1S/C16H26ClN5O.HI/c1-3-18-16(20-9-11-23-4-2)21-13-7-10-22(12-13)15-14(17)6-5-8-19-15;/h5-6,8,13H,3-4,7,9-12H2,1-2H3,(H2,18,20,21);1H. The highest BCUT2D eigenvalue weighted by atomic mass is 127. The number of halogens is 2. The predicted octanol–water partition coefficient (Wildman–Crippen LogP) is 2.52. The maximum absolute atomic E-state index is 6.23. The van der Waals surface area contributed by atoms with Crippen LogP contribution in [0.1, 0.15) is 20.3 Å². The van der Waals surface area contributed by atoms with Gasteiger partial charge in [-0.25, -0.2) is 4.98 Å². The zero-order valence-electron chi connectivity index (χ0n) is 14.3. The largest absolute Gasteiger partial charge is 0.380 e. The summed E-state index contributed by atoms with van der Waals surface area (Å²) in [7, 11) is 0. The number of ether oxygens (including phenoxy) is 1. The lowest BCUT2D eigenvalue weighted by Gasteiger charge is -2.20. The number of nitrogens with one attached hydrogen (secondary N) is 2. The van der Waals surface area contributed by atoms with Crippen LogP contribution in [0.4, 0.5) is 5.82 Å². The summed E-state index contributed by atoms with van der Waals surface area (Å²) in [6, 6.07) is 4.06. The van der Waals surface area contributed by atoms with E-state index < -0.39 is 0 Å². The molecule has 1 saturated heterocycles. The Morgan fingerprint density at radius 2 is 2.33 bits per heavy atom. The van der Waals surface area contributed by atoms with E-state index >= 15 is 0 Å². The minimum absolute atomic E-state index is 0. The Hall–Kier alpha value is -0.800. The minimum Gasteiger partial charge on any atom is -0.380 e. The molecule has 1 unspecified atom stereocenters. The normalized spacial score (nSPS) is 17.5. The maximum atomic E-state index is 6.23. The molecule has 0 aliphatic carbocycles. The number of guanidine groups is 1. The van der Waals surface area contributed by atoms with Crippen LogP contribution < -0.4 is 15.5 Å². The average Bonchev–Trinajstić information content (AvgIpc) is 3.00. The molecule has 8 heteroatoms. The van der Waals surface area contributed by atoms with Gasteiger partial charge in [0.25, 0.3) is 0 Å². The van der Waals surface area contributed by atoms with Crippen molar-refractivity contribution in [2.24, 2.45) is 4.99 Å². The highest BCUT2D eigenvalue weighted by Crippen LogP contribution is 2.25. The first-order valence-electron chi connectivity index (χ1n) is 8.22. The summed E-state index contributed by atoms with van der Waals surface area (Å²) in [6.07, 6.45) is 2.81. The second-order valence-corrected chi connectivity index (χ2v) is 5.75. The SMILES string of the molecule is CCNC(=NCCOCC)NC1CCN(c2ncccc2Cl)C1.I. The van der Waals surface area contributed by atoms with Gasteiger partial charge in [0.1, 0.15) is 5.82 Å². The number of aromatic nitrogens is 1. The molecule has 0 saturated carbocycles. The number of rotatable bonds is 7. The molecule has 1 atom stereocenters. The monoisotopic (exact) mass is 467 g/mol. The Balaban J connectivity index is 0.00000288. The van der Waals surface area contributed by atoms with Gasteiger partial charge in [0, 0.05) is 38.5 Å². The fraction of sp³-hybridized carbons (Fsp3) is 0.625. The quantitative estimate of drug-likeness (QED) is 0.279. The van der Waals surface area contributed by atoms with Crippen molar-refractivity contribution in [1.29, 1.82) is 0 Å². The summed E-state index contributed by atoms with van der Waals surface area (Å²) in [5.41, 5.74) is 0. The van der Waals surface area contributed by atoms with Crippen LogP contribution >= 0.6 is 35.6 Å². The molecule has 1 aliphatic rings. The first-order valence-corrected chi connectivity index (χ1v) is 8.60. The molecular weight excluding hydrogens is 441 g/mol. The van der Waals surface area contributed by atoms with E-state index in [9.17, 15) is 0 Å². The van der Waals surface area contributed by atoms with Crippen molar-refractivity contribution in [2.45, 2.75) is 26.3 Å². The van der Waals surface area contributed by atoms with Gasteiger partial charge in [0.05, 0.1) is 18.2 Å². The van der Waals surface area contributed by atoms with Gasteiger partial charge in [-0.05, 0) is 32.4 Å². The van der Waals surface area contributed by atoms with Crippen molar-refractivity contribution in [3.63, 3.8) is 0 Å². The molecule has 0 aromatic carbocycles. The lowest BCUT2D eigenvalue weighted by Crippen LogP contribution is -2.44. The van der Waals surface area contributed by atoms with Gasteiger partial charge < -0.3 is 20.3 Å². The molecule has 2 heterocycles. The fourth-order valence-electron chi connectivity index (χ4n) is 2.56. The van der Waals surface area contributed by atoms with E-state index in [1.807, 2.05) is 19.1 Å². The second-order valence-electron chi connectivity index (χ2n) is 5.34. The van der Waals surface area contributed by atoms with Crippen LogP contribution in [0.3, 0.4) is 0 Å². The minimum atomic E-state index is 0. The zero-order chi connectivity index (χ0) is 16.5. The summed E-state index contributed by atoms with van der Waals surface area (Å²) in [6.45, 7) is 8.72. The summed E-state index contributed by atoms with van der Waals surface area (Å²) in [5.74, 6) is 1.70. The summed E-state index contributed by atoms with van der Waals surface area (Å²) < 4.78 is 5.33. The molecule has 1 fully saturated rings. The first kappa shape index (κ1) is 21.2. The Morgan fingerprint density at radius 1 is 1.50 bits per heavy atom. The van der Waals surface area contributed by atoms with Crippen LogP contribution in [0.25, 0.3) is 0 Å².